The summed E-state index contributed by atoms with van der Waals surface area (Å²) in [6, 6.07) is 7.23. The molecule has 2 heterocycles. The number of amides is 2. The highest BCUT2D eigenvalue weighted by Crippen LogP contribution is 2.26. The Kier molecular flexibility index (Phi) is 6.14. The predicted octanol–water partition coefficient (Wildman–Crippen LogP) is 3.47. The number of nitrogens with one attached hydrogen (secondary N) is 1. The zero-order chi connectivity index (χ0) is 20.3. The van der Waals surface area contributed by atoms with Crippen LogP contribution in [0.25, 0.3) is 11.3 Å². The Labute approximate surface area is 163 Å². The van der Waals surface area contributed by atoms with Crippen molar-refractivity contribution in [3.63, 3.8) is 0 Å². The molecule has 1 fully saturated rings. The van der Waals surface area contributed by atoms with E-state index in [2.05, 4.69) is 5.32 Å². The molecule has 150 valence electrons. The molecule has 7 heteroatoms. The zero-order valence-corrected chi connectivity index (χ0v) is 16.3. The van der Waals surface area contributed by atoms with Crippen molar-refractivity contribution in [2.75, 3.05) is 19.6 Å². The number of halogens is 1. The van der Waals surface area contributed by atoms with Gasteiger partial charge in [0.2, 0.25) is 0 Å². The molecule has 0 unspecified atom stereocenters. The highest BCUT2D eigenvalue weighted by molar-refractivity contribution is 5.96. The second-order valence-electron chi connectivity index (χ2n) is 7.12. The van der Waals surface area contributed by atoms with E-state index in [0.29, 0.717) is 31.0 Å². The quantitative estimate of drug-likeness (QED) is 0.851. The molecule has 0 radical (unpaired) electrons. The summed E-state index contributed by atoms with van der Waals surface area (Å²) in [7, 11) is 0. The summed E-state index contributed by atoms with van der Waals surface area (Å²) in [5, 5.41) is 2.73. The van der Waals surface area contributed by atoms with E-state index < -0.39 is 5.82 Å². The number of nitrogens with zero attached hydrogens (tertiary/aromatic N) is 1. The van der Waals surface area contributed by atoms with Gasteiger partial charge in [-0.25, -0.2) is 4.39 Å². The third kappa shape index (κ3) is 4.59. The van der Waals surface area contributed by atoms with E-state index in [1.165, 1.54) is 18.2 Å². The molecule has 1 aromatic carbocycles. The zero-order valence-electron chi connectivity index (χ0n) is 16.3. The first-order chi connectivity index (χ1) is 13.4. The number of hydrogen-bond donors (Lipinski definition) is 1. The summed E-state index contributed by atoms with van der Waals surface area (Å²) in [5.41, 5.74) is 0.650. The first-order valence-electron chi connectivity index (χ1n) is 9.51. The van der Waals surface area contributed by atoms with Crippen LogP contribution in [0.5, 0.6) is 0 Å². The van der Waals surface area contributed by atoms with Crippen molar-refractivity contribution in [2.45, 2.75) is 39.4 Å². The number of rotatable bonds is 5. The average Bonchev–Trinajstić information content (AvgIpc) is 3.14. The first kappa shape index (κ1) is 20.1. The highest BCUT2D eigenvalue weighted by atomic mass is 19.1. The van der Waals surface area contributed by atoms with Crippen molar-refractivity contribution >= 4 is 11.8 Å². The molecule has 0 aliphatic carbocycles. The number of hydrogen-bond acceptors (Lipinski definition) is 4. The summed E-state index contributed by atoms with van der Waals surface area (Å²) >= 11 is 0. The van der Waals surface area contributed by atoms with Crippen LogP contribution in [0.3, 0.4) is 0 Å². The monoisotopic (exact) mass is 388 g/mol. The molecular formula is C21H25FN2O4. The summed E-state index contributed by atoms with van der Waals surface area (Å²) < 4.78 is 25.4. The van der Waals surface area contributed by atoms with Gasteiger partial charge in [0.05, 0.1) is 12.2 Å². The maximum absolute atomic E-state index is 14.2. The Hall–Kier alpha value is -2.67. The van der Waals surface area contributed by atoms with E-state index in [1.807, 2.05) is 20.8 Å². The third-order valence-electron chi connectivity index (χ3n) is 4.50. The van der Waals surface area contributed by atoms with Crippen LogP contribution in [-0.4, -0.2) is 48.6 Å². The van der Waals surface area contributed by atoms with Crippen LogP contribution >= 0.6 is 0 Å². The van der Waals surface area contributed by atoms with Gasteiger partial charge in [-0.1, -0.05) is 6.92 Å². The molecule has 1 aromatic heterocycles. The van der Waals surface area contributed by atoms with E-state index in [4.69, 9.17) is 9.15 Å². The normalized spacial score (nSPS) is 19.5. The number of morpholine rings is 1. The molecule has 3 rings (SSSR count). The van der Waals surface area contributed by atoms with Gasteiger partial charge < -0.3 is 19.4 Å². The van der Waals surface area contributed by atoms with Gasteiger partial charge in [0.15, 0.2) is 5.76 Å². The van der Waals surface area contributed by atoms with Gasteiger partial charge in [0, 0.05) is 30.8 Å². The lowest BCUT2D eigenvalue weighted by atomic mass is 10.1. The molecule has 28 heavy (non-hydrogen) atoms. The van der Waals surface area contributed by atoms with Crippen molar-refractivity contribution in [1.29, 1.82) is 0 Å². The largest absolute Gasteiger partial charge is 0.451 e. The van der Waals surface area contributed by atoms with Crippen LogP contribution in [0.4, 0.5) is 4.39 Å². The molecule has 2 amide bonds. The summed E-state index contributed by atoms with van der Waals surface area (Å²) in [4.78, 5) is 26.5. The lowest BCUT2D eigenvalue weighted by molar-refractivity contribution is -0.0586. The van der Waals surface area contributed by atoms with Gasteiger partial charge in [-0.3, -0.25) is 9.59 Å². The molecule has 1 N–H and O–H groups in total. The minimum absolute atomic E-state index is 0.0741. The summed E-state index contributed by atoms with van der Waals surface area (Å²) in [6.07, 6.45) is 0.665. The Morgan fingerprint density at radius 2 is 1.89 bits per heavy atom. The van der Waals surface area contributed by atoms with Crippen LogP contribution < -0.4 is 5.32 Å². The molecule has 0 bridgehead atoms. The molecule has 0 spiro atoms. The highest BCUT2D eigenvalue weighted by Gasteiger charge is 2.27. The molecular weight excluding hydrogens is 363 g/mol. The molecule has 1 saturated heterocycles. The van der Waals surface area contributed by atoms with Gasteiger partial charge in [-0.05, 0) is 50.6 Å². The number of furan rings is 1. The molecule has 2 atom stereocenters. The smallest absolute Gasteiger partial charge is 0.287 e. The van der Waals surface area contributed by atoms with Crippen molar-refractivity contribution in [1.82, 2.24) is 10.2 Å². The lowest BCUT2D eigenvalue weighted by Crippen LogP contribution is -2.48. The minimum atomic E-state index is -0.538. The SMILES string of the molecule is CCCNC(=O)c1ccc(-c2cc(F)cc(C(=O)N3C[C@@H](C)O[C@@H](C)C3)c2)o1. The first-order valence-corrected chi connectivity index (χ1v) is 9.51. The second-order valence-corrected chi connectivity index (χ2v) is 7.12. The number of carbonyl (C=O) groups excluding carboxylic acids is 2. The molecule has 2 aromatic rings. The standard InChI is InChI=1S/C21H25FN2O4/c1-4-7-23-20(25)19-6-5-18(28-19)15-8-16(10-17(22)9-15)21(26)24-11-13(2)27-14(3)12-24/h5-6,8-10,13-14H,4,7,11-12H2,1-3H3,(H,23,25)/t13-,14+. The van der Waals surface area contributed by atoms with E-state index in [-0.39, 0.29) is 35.3 Å². The van der Waals surface area contributed by atoms with Crippen molar-refractivity contribution in [3.8, 4) is 11.3 Å². The van der Waals surface area contributed by atoms with Crippen molar-refractivity contribution in [3.05, 3.63) is 47.5 Å². The molecule has 1 aliphatic rings. The van der Waals surface area contributed by atoms with Crippen LogP contribution in [0.2, 0.25) is 0 Å². The maximum atomic E-state index is 14.2. The van der Waals surface area contributed by atoms with Crippen LogP contribution in [0.1, 0.15) is 48.1 Å². The van der Waals surface area contributed by atoms with Gasteiger partial charge >= 0.3 is 0 Å². The fourth-order valence-corrected chi connectivity index (χ4v) is 3.32. The Balaban J connectivity index is 1.83. The van der Waals surface area contributed by atoms with Gasteiger partial charge in [0.25, 0.3) is 11.8 Å². The van der Waals surface area contributed by atoms with Crippen LogP contribution in [-0.2, 0) is 4.74 Å². The number of ether oxygens (including phenoxy) is 1. The Morgan fingerprint density at radius 3 is 2.57 bits per heavy atom. The van der Waals surface area contributed by atoms with E-state index in [9.17, 15) is 14.0 Å². The second kappa shape index (κ2) is 8.56. The maximum Gasteiger partial charge on any atom is 0.287 e. The summed E-state index contributed by atoms with van der Waals surface area (Å²) in [6.45, 7) is 7.22. The van der Waals surface area contributed by atoms with E-state index >= 15 is 0 Å². The number of benzene rings is 1. The summed E-state index contributed by atoms with van der Waals surface area (Å²) in [5.74, 6) is -0.633. The van der Waals surface area contributed by atoms with E-state index in [1.54, 1.807) is 17.0 Å². The van der Waals surface area contributed by atoms with Crippen LogP contribution in [0.15, 0.2) is 34.7 Å². The third-order valence-corrected chi connectivity index (χ3v) is 4.50. The fourth-order valence-electron chi connectivity index (χ4n) is 3.32. The van der Waals surface area contributed by atoms with Crippen LogP contribution in [0, 0.1) is 5.82 Å². The van der Waals surface area contributed by atoms with Gasteiger partial charge in [-0.15, -0.1) is 0 Å². The Bertz CT molecular complexity index is 854. The van der Waals surface area contributed by atoms with Gasteiger partial charge in [-0.2, -0.15) is 0 Å². The van der Waals surface area contributed by atoms with Gasteiger partial charge in [0.1, 0.15) is 11.6 Å². The minimum Gasteiger partial charge on any atom is -0.451 e. The van der Waals surface area contributed by atoms with Crippen molar-refractivity contribution in [2.24, 2.45) is 0 Å². The van der Waals surface area contributed by atoms with E-state index in [0.717, 1.165) is 6.42 Å². The molecule has 1 aliphatic heterocycles. The fraction of sp³-hybridized carbons (Fsp3) is 0.429. The molecule has 6 nitrogen and oxygen atoms in total. The average molecular weight is 388 g/mol. The lowest BCUT2D eigenvalue weighted by Gasteiger charge is -2.35. The topological polar surface area (TPSA) is 71.8 Å². The van der Waals surface area contributed by atoms with Crippen molar-refractivity contribution < 1.29 is 23.1 Å². The number of carbonyl (C=O) groups is 2. The Morgan fingerprint density at radius 1 is 1.18 bits per heavy atom. The molecule has 0 saturated carbocycles. The predicted molar refractivity (Wildman–Crippen MR) is 103 cm³/mol.